The fourth-order valence-electron chi connectivity index (χ4n) is 1.86. The molecule has 14 heavy (non-hydrogen) atoms. The van der Waals surface area contributed by atoms with Crippen molar-refractivity contribution in [2.24, 2.45) is 0 Å². The van der Waals surface area contributed by atoms with Crippen LogP contribution in [0.3, 0.4) is 0 Å². The van der Waals surface area contributed by atoms with Crippen molar-refractivity contribution in [2.75, 3.05) is 0 Å². The van der Waals surface area contributed by atoms with E-state index in [0.717, 1.165) is 0 Å². The van der Waals surface area contributed by atoms with Crippen molar-refractivity contribution in [3.8, 4) is 0 Å². The van der Waals surface area contributed by atoms with Crippen molar-refractivity contribution in [3.63, 3.8) is 0 Å². The summed E-state index contributed by atoms with van der Waals surface area (Å²) in [6, 6.07) is 0. The number of halogens is 1. The molecule has 0 saturated carbocycles. The maximum atomic E-state index is 4.20. The van der Waals surface area contributed by atoms with Gasteiger partial charge in [-0.25, -0.2) is 0 Å². The molecular weight excluding hydrogens is 315 g/mol. The molecule has 0 heterocycles. The average Bonchev–Trinajstić information content (AvgIpc) is 2.21. The molecule has 0 N–H and O–H groups in total. The van der Waals surface area contributed by atoms with Crippen molar-refractivity contribution < 1.29 is 17.9 Å². The molecule has 0 amide bonds. The molecule has 0 rings (SSSR count). The molecule has 0 fully saturated rings. The van der Waals surface area contributed by atoms with Gasteiger partial charge in [0.15, 0.2) is 0 Å². The molecule has 0 aliphatic rings. The fourth-order valence-corrected chi connectivity index (χ4v) is 16.0. The number of hydrogen-bond acceptors (Lipinski definition) is 0. The number of rotatable bonds is 9. The maximum absolute atomic E-state index is 4.20. The molecule has 0 spiro atoms. The van der Waals surface area contributed by atoms with Crippen LogP contribution in [0.1, 0.15) is 59.3 Å². The average molecular weight is 342 g/mol. The van der Waals surface area contributed by atoms with Crippen LogP contribution in [0.4, 0.5) is 0 Å². The molecule has 0 saturated heterocycles. The molecule has 0 atom stereocenters. The van der Waals surface area contributed by atoms with Crippen LogP contribution >= 0.6 is 12.2 Å². The summed E-state index contributed by atoms with van der Waals surface area (Å²) in [4.78, 5) is 0. The zero-order valence-electron chi connectivity index (χ0n) is 10.2. The Labute approximate surface area is 101 Å². The molecule has 2 heteroatoms. The molecular formula is C12H27BrZr. The van der Waals surface area contributed by atoms with Crippen LogP contribution in [0.5, 0.6) is 0 Å². The van der Waals surface area contributed by atoms with Crippen LogP contribution < -0.4 is 0 Å². The van der Waals surface area contributed by atoms with Crippen LogP contribution in [0.15, 0.2) is 0 Å². The van der Waals surface area contributed by atoms with Gasteiger partial charge in [0, 0.05) is 0 Å². The van der Waals surface area contributed by atoms with Crippen LogP contribution in [-0.2, 0) is 17.9 Å². The Morgan fingerprint density at radius 1 is 0.714 bits per heavy atom. The number of unbranched alkanes of at least 4 members (excludes halogenated alkanes) is 3. The molecule has 0 aromatic rings. The Hall–Kier alpha value is 1.36. The van der Waals surface area contributed by atoms with Gasteiger partial charge in [0.1, 0.15) is 0 Å². The van der Waals surface area contributed by atoms with E-state index in [4.69, 9.17) is 0 Å². The monoisotopic (exact) mass is 340 g/mol. The van der Waals surface area contributed by atoms with Crippen LogP contribution in [0, 0.1) is 0 Å². The Morgan fingerprint density at radius 2 is 1.00 bits per heavy atom. The second-order valence-electron chi connectivity index (χ2n) is 4.46. The van der Waals surface area contributed by atoms with E-state index in [1.807, 2.05) is 0 Å². The van der Waals surface area contributed by atoms with Crippen molar-refractivity contribution in [2.45, 2.75) is 71.7 Å². The van der Waals surface area contributed by atoms with Gasteiger partial charge in [-0.15, -0.1) is 0 Å². The third-order valence-electron chi connectivity index (χ3n) is 2.94. The third-order valence-corrected chi connectivity index (χ3v) is 19.2. The normalized spacial score (nSPS) is 12.0. The molecule has 0 radical (unpaired) electrons. The van der Waals surface area contributed by atoms with Gasteiger partial charge >= 0.3 is 102 Å². The minimum atomic E-state index is -1.75. The topological polar surface area (TPSA) is 0 Å². The first-order valence-corrected chi connectivity index (χ1v) is 17.2. The summed E-state index contributed by atoms with van der Waals surface area (Å²) in [5, 5.41) is 0. The molecule has 0 aromatic heterocycles. The van der Waals surface area contributed by atoms with Crippen LogP contribution in [0.25, 0.3) is 0 Å². The molecule has 0 aromatic carbocycles. The Balaban J connectivity index is 3.89. The fraction of sp³-hybridized carbons (Fsp3) is 1.00. The predicted molar refractivity (Wildman–Crippen MR) is 68.1 cm³/mol. The van der Waals surface area contributed by atoms with Crippen molar-refractivity contribution in [3.05, 3.63) is 0 Å². The second kappa shape index (κ2) is 9.58. The van der Waals surface area contributed by atoms with Crippen molar-refractivity contribution in [1.29, 1.82) is 0 Å². The zero-order valence-corrected chi connectivity index (χ0v) is 14.3. The summed E-state index contributed by atoms with van der Waals surface area (Å²) in [7, 11) is 0. The van der Waals surface area contributed by atoms with Gasteiger partial charge in [-0.3, -0.25) is 0 Å². The van der Waals surface area contributed by atoms with Gasteiger partial charge in [0.2, 0.25) is 0 Å². The van der Waals surface area contributed by atoms with E-state index in [9.17, 15) is 0 Å². The molecule has 0 aliphatic heterocycles. The summed E-state index contributed by atoms with van der Waals surface area (Å²) in [5.74, 6) is 0. The Kier molecular flexibility index (Phi) is 10.5. The van der Waals surface area contributed by atoms with Crippen molar-refractivity contribution in [1.82, 2.24) is 0 Å². The summed E-state index contributed by atoms with van der Waals surface area (Å²) < 4.78 is 4.72. The van der Waals surface area contributed by atoms with Crippen LogP contribution in [0.2, 0.25) is 12.4 Å². The van der Waals surface area contributed by atoms with E-state index in [1.54, 1.807) is 12.4 Å². The van der Waals surface area contributed by atoms with Gasteiger partial charge in [-0.2, -0.15) is 0 Å². The molecule has 0 bridgehead atoms. The Bertz CT molecular complexity index is 104. The molecule has 86 valence electrons. The summed E-state index contributed by atoms with van der Waals surface area (Å²) >= 11 is 2.45. The molecule has 0 unspecified atom stereocenters. The van der Waals surface area contributed by atoms with E-state index in [-0.39, 0.29) is 0 Å². The SMILES string of the molecule is CCC[CH2][Zr]([Br])([CH2]CCC)[CH2]CCC. The first kappa shape index (κ1) is 15.4. The quantitative estimate of drug-likeness (QED) is 0.474. The van der Waals surface area contributed by atoms with E-state index < -0.39 is 17.9 Å². The van der Waals surface area contributed by atoms with E-state index in [1.165, 1.54) is 38.5 Å². The van der Waals surface area contributed by atoms with Gasteiger partial charge in [0.05, 0.1) is 0 Å². The van der Waals surface area contributed by atoms with E-state index >= 15 is 0 Å². The molecule has 0 nitrogen and oxygen atoms in total. The third kappa shape index (κ3) is 7.63. The summed E-state index contributed by atoms with van der Waals surface area (Å²) in [5.41, 5.74) is 0. The van der Waals surface area contributed by atoms with Crippen LogP contribution in [-0.4, -0.2) is 0 Å². The van der Waals surface area contributed by atoms with Crippen molar-refractivity contribution >= 4 is 12.2 Å². The number of hydrogen-bond donors (Lipinski definition) is 0. The first-order chi connectivity index (χ1) is 6.68. The summed E-state index contributed by atoms with van der Waals surface area (Å²) in [6.07, 6.45) is 8.53. The van der Waals surface area contributed by atoms with Gasteiger partial charge < -0.3 is 0 Å². The minimum absolute atomic E-state index is 1.38. The standard InChI is InChI=1S/3C4H9.BrH.Zr/c3*1-3-4-2;;/h3*1,3-4H2,2H3;1H;/q;;;;+1/p-1. The van der Waals surface area contributed by atoms with Gasteiger partial charge in [-0.1, -0.05) is 0 Å². The van der Waals surface area contributed by atoms with E-state index in [2.05, 4.69) is 33.0 Å². The van der Waals surface area contributed by atoms with Gasteiger partial charge in [-0.05, 0) is 0 Å². The van der Waals surface area contributed by atoms with Gasteiger partial charge in [0.25, 0.3) is 0 Å². The summed E-state index contributed by atoms with van der Waals surface area (Å²) in [6.45, 7) is 6.96. The Morgan fingerprint density at radius 3 is 1.21 bits per heavy atom. The van der Waals surface area contributed by atoms with E-state index in [0.29, 0.717) is 0 Å². The second-order valence-corrected chi connectivity index (χ2v) is 23.8. The first-order valence-electron chi connectivity index (χ1n) is 6.37. The zero-order chi connectivity index (χ0) is 10.9. The molecule has 0 aliphatic carbocycles. The predicted octanol–water partition coefficient (Wildman–Crippen LogP) is 6.11.